The summed E-state index contributed by atoms with van der Waals surface area (Å²) < 4.78 is 27.9. The normalized spacial score (nSPS) is 17.4. The monoisotopic (exact) mass is 400 g/mol. The molecule has 0 aliphatic carbocycles. The van der Waals surface area contributed by atoms with E-state index in [1.807, 2.05) is 12.1 Å². The number of hydrogen-bond donors (Lipinski definition) is 0. The van der Waals surface area contributed by atoms with Gasteiger partial charge in [-0.05, 0) is 55.0 Å². The highest BCUT2D eigenvalue weighted by Gasteiger charge is 2.30. The van der Waals surface area contributed by atoms with E-state index < -0.39 is 10.0 Å². The van der Waals surface area contributed by atoms with Crippen molar-refractivity contribution in [3.8, 4) is 0 Å². The molecule has 1 amide bonds. The van der Waals surface area contributed by atoms with Crippen molar-refractivity contribution in [3.63, 3.8) is 0 Å². The molecule has 0 spiro atoms. The number of rotatable bonds is 6. The molecule has 0 radical (unpaired) electrons. The molecule has 0 bridgehead atoms. The van der Waals surface area contributed by atoms with Gasteiger partial charge in [-0.2, -0.15) is 0 Å². The first-order chi connectivity index (χ1) is 13.4. The average molecular weight is 401 g/mol. The van der Waals surface area contributed by atoms with Gasteiger partial charge in [0.2, 0.25) is 5.91 Å². The third kappa shape index (κ3) is 4.55. The molecular weight excluding hydrogens is 372 g/mol. The third-order valence-corrected chi connectivity index (χ3v) is 7.04. The van der Waals surface area contributed by atoms with Crippen LogP contribution in [-0.4, -0.2) is 38.9 Å². The van der Waals surface area contributed by atoms with Crippen molar-refractivity contribution >= 4 is 21.6 Å². The van der Waals surface area contributed by atoms with Crippen molar-refractivity contribution in [1.82, 2.24) is 4.90 Å². The highest BCUT2D eigenvalue weighted by Crippen LogP contribution is 2.25. The number of benzene rings is 2. The lowest BCUT2D eigenvalue weighted by molar-refractivity contribution is -0.131. The van der Waals surface area contributed by atoms with Gasteiger partial charge in [-0.15, -0.1) is 0 Å². The maximum absolute atomic E-state index is 13.3. The van der Waals surface area contributed by atoms with Gasteiger partial charge in [0.25, 0.3) is 10.0 Å². The topological polar surface area (TPSA) is 57.7 Å². The number of likely N-dealkylation sites (tertiary alicyclic amines) is 1. The Labute approximate surface area is 168 Å². The van der Waals surface area contributed by atoms with Gasteiger partial charge in [-0.25, -0.2) is 8.42 Å². The van der Waals surface area contributed by atoms with E-state index >= 15 is 0 Å². The molecule has 2 aromatic rings. The fraction of sp³-hybridized carbons (Fsp3) is 0.409. The van der Waals surface area contributed by atoms with Crippen LogP contribution in [0.5, 0.6) is 0 Å². The zero-order valence-electron chi connectivity index (χ0n) is 16.5. The second-order valence-electron chi connectivity index (χ2n) is 7.43. The minimum atomic E-state index is -3.84. The van der Waals surface area contributed by atoms with Crippen molar-refractivity contribution in [3.05, 3.63) is 60.2 Å². The minimum Gasteiger partial charge on any atom is -0.341 e. The predicted molar refractivity (Wildman–Crippen MR) is 112 cm³/mol. The average Bonchev–Trinajstić information content (AvgIpc) is 2.72. The first-order valence-electron chi connectivity index (χ1n) is 9.86. The van der Waals surface area contributed by atoms with Gasteiger partial charge in [0.1, 0.15) is 6.54 Å². The summed E-state index contributed by atoms with van der Waals surface area (Å²) in [4.78, 5) is 14.9. The van der Waals surface area contributed by atoms with Gasteiger partial charge in [-0.3, -0.25) is 9.10 Å². The van der Waals surface area contributed by atoms with Gasteiger partial charge in [-0.1, -0.05) is 44.2 Å². The molecule has 1 heterocycles. The Kier molecular flexibility index (Phi) is 6.39. The van der Waals surface area contributed by atoms with Crippen LogP contribution in [0.25, 0.3) is 0 Å². The Hall–Kier alpha value is -2.34. The Morgan fingerprint density at radius 3 is 2.39 bits per heavy atom. The SMILES string of the molecule is CCc1ccc(N(CC(=O)N2CCC[C@@H](C)C2)S(=O)(=O)c2ccccc2)cc1. The number of carbonyl (C=O) groups excluding carboxylic acids is 1. The molecule has 1 aliphatic heterocycles. The predicted octanol–water partition coefficient (Wildman–Crippen LogP) is 3.70. The molecule has 1 saturated heterocycles. The fourth-order valence-electron chi connectivity index (χ4n) is 3.57. The van der Waals surface area contributed by atoms with E-state index in [4.69, 9.17) is 0 Å². The number of piperidine rings is 1. The molecule has 28 heavy (non-hydrogen) atoms. The number of anilines is 1. The second kappa shape index (κ2) is 8.78. The molecule has 0 aromatic heterocycles. The number of hydrogen-bond acceptors (Lipinski definition) is 3. The summed E-state index contributed by atoms with van der Waals surface area (Å²) in [5.41, 5.74) is 1.64. The van der Waals surface area contributed by atoms with Crippen LogP contribution in [0.2, 0.25) is 0 Å². The zero-order valence-corrected chi connectivity index (χ0v) is 17.4. The van der Waals surface area contributed by atoms with Crippen molar-refractivity contribution in [1.29, 1.82) is 0 Å². The molecule has 3 rings (SSSR count). The minimum absolute atomic E-state index is 0.148. The van der Waals surface area contributed by atoms with E-state index in [2.05, 4.69) is 13.8 Å². The Balaban J connectivity index is 1.93. The van der Waals surface area contributed by atoms with E-state index in [1.165, 1.54) is 4.31 Å². The summed E-state index contributed by atoms with van der Waals surface area (Å²) >= 11 is 0. The lowest BCUT2D eigenvalue weighted by Crippen LogP contribution is -2.46. The lowest BCUT2D eigenvalue weighted by atomic mass is 10.0. The van der Waals surface area contributed by atoms with Gasteiger partial charge < -0.3 is 4.90 Å². The molecule has 0 saturated carbocycles. The quantitative estimate of drug-likeness (QED) is 0.743. The summed E-state index contributed by atoms with van der Waals surface area (Å²) in [6.45, 7) is 5.37. The standard InChI is InChI=1S/C22H28N2O3S/c1-3-19-11-13-20(14-12-19)24(28(26,27)21-9-5-4-6-10-21)17-22(25)23-15-7-8-18(2)16-23/h4-6,9-14,18H,3,7-8,15-17H2,1-2H3/t18-/m1/s1. The smallest absolute Gasteiger partial charge is 0.264 e. The van der Waals surface area contributed by atoms with E-state index in [-0.39, 0.29) is 17.3 Å². The number of amides is 1. The largest absolute Gasteiger partial charge is 0.341 e. The Bertz CT molecular complexity index is 895. The number of sulfonamides is 1. The van der Waals surface area contributed by atoms with Crippen LogP contribution in [0, 0.1) is 5.92 Å². The van der Waals surface area contributed by atoms with Gasteiger partial charge in [0.05, 0.1) is 10.6 Å². The summed E-state index contributed by atoms with van der Waals surface area (Å²) in [7, 11) is -3.84. The number of nitrogens with zero attached hydrogens (tertiary/aromatic N) is 2. The molecule has 1 aliphatic rings. The Morgan fingerprint density at radius 2 is 1.79 bits per heavy atom. The van der Waals surface area contributed by atoms with Gasteiger partial charge in [0.15, 0.2) is 0 Å². The van der Waals surface area contributed by atoms with Crippen LogP contribution in [0.3, 0.4) is 0 Å². The Morgan fingerprint density at radius 1 is 1.11 bits per heavy atom. The van der Waals surface area contributed by atoms with Crippen LogP contribution >= 0.6 is 0 Å². The van der Waals surface area contributed by atoms with Crippen molar-refractivity contribution in [2.75, 3.05) is 23.9 Å². The van der Waals surface area contributed by atoms with Crippen molar-refractivity contribution < 1.29 is 13.2 Å². The van der Waals surface area contributed by atoms with Gasteiger partial charge in [0, 0.05) is 13.1 Å². The van der Waals surface area contributed by atoms with Crippen LogP contribution < -0.4 is 4.31 Å². The van der Waals surface area contributed by atoms with Crippen molar-refractivity contribution in [2.45, 2.75) is 38.0 Å². The summed E-state index contributed by atoms with van der Waals surface area (Å²) in [5.74, 6) is 0.298. The molecule has 0 unspecified atom stereocenters. The molecule has 6 heteroatoms. The van der Waals surface area contributed by atoms with E-state index in [0.29, 0.717) is 24.7 Å². The molecule has 1 atom stereocenters. The van der Waals surface area contributed by atoms with Crippen LogP contribution in [0.15, 0.2) is 59.5 Å². The van der Waals surface area contributed by atoms with Crippen LogP contribution in [-0.2, 0) is 21.2 Å². The van der Waals surface area contributed by atoms with Crippen molar-refractivity contribution in [2.24, 2.45) is 5.92 Å². The first-order valence-corrected chi connectivity index (χ1v) is 11.3. The molecular formula is C22H28N2O3S. The van der Waals surface area contributed by atoms with Gasteiger partial charge >= 0.3 is 0 Å². The molecule has 2 aromatic carbocycles. The van der Waals surface area contributed by atoms with E-state index in [0.717, 1.165) is 24.8 Å². The lowest BCUT2D eigenvalue weighted by Gasteiger charge is -2.33. The van der Waals surface area contributed by atoms with E-state index in [9.17, 15) is 13.2 Å². The maximum atomic E-state index is 13.3. The molecule has 5 nitrogen and oxygen atoms in total. The molecule has 150 valence electrons. The molecule has 1 fully saturated rings. The van der Waals surface area contributed by atoms with Crippen LogP contribution in [0.1, 0.15) is 32.3 Å². The fourth-order valence-corrected chi connectivity index (χ4v) is 5.01. The second-order valence-corrected chi connectivity index (χ2v) is 9.29. The summed E-state index contributed by atoms with van der Waals surface area (Å²) in [5, 5.41) is 0. The number of aryl methyl sites for hydroxylation is 1. The molecule has 0 N–H and O–H groups in total. The maximum Gasteiger partial charge on any atom is 0.264 e. The summed E-state index contributed by atoms with van der Waals surface area (Å²) in [6.07, 6.45) is 2.94. The number of carbonyl (C=O) groups is 1. The zero-order chi connectivity index (χ0) is 20.1. The first kappa shape index (κ1) is 20.4. The summed E-state index contributed by atoms with van der Waals surface area (Å²) in [6, 6.07) is 15.7. The highest BCUT2D eigenvalue weighted by atomic mass is 32.2. The third-order valence-electron chi connectivity index (χ3n) is 5.25. The van der Waals surface area contributed by atoms with E-state index in [1.54, 1.807) is 47.4 Å². The van der Waals surface area contributed by atoms with Crippen LogP contribution in [0.4, 0.5) is 5.69 Å². The highest BCUT2D eigenvalue weighted by molar-refractivity contribution is 7.92.